The standard InChI is InChI=1S/C5H10BrO5P/c1-5(2,6)4(7)11-3-12(8,9)10/h3H2,1-2H3,(H2,8,9,10). The van der Waals surface area contributed by atoms with Gasteiger partial charge in [-0.05, 0) is 13.8 Å². The third kappa shape index (κ3) is 5.71. The molecule has 0 aliphatic rings. The predicted octanol–water partition coefficient (Wildman–Crippen LogP) is 0.838. The first-order chi connectivity index (χ1) is 5.13. The molecule has 0 aromatic heterocycles. The molecule has 0 aliphatic carbocycles. The van der Waals surface area contributed by atoms with Gasteiger partial charge in [0.1, 0.15) is 4.32 Å². The maximum Gasteiger partial charge on any atom is 0.362 e. The highest BCUT2D eigenvalue weighted by molar-refractivity contribution is 9.10. The molecule has 0 unspecified atom stereocenters. The molecule has 12 heavy (non-hydrogen) atoms. The van der Waals surface area contributed by atoms with Gasteiger partial charge in [0.25, 0.3) is 0 Å². The van der Waals surface area contributed by atoms with Gasteiger partial charge in [-0.15, -0.1) is 0 Å². The molecule has 0 amide bonds. The second kappa shape index (κ2) is 3.87. The third-order valence-corrected chi connectivity index (χ3v) is 1.64. The average Bonchev–Trinajstić information content (AvgIpc) is 1.78. The fourth-order valence-corrected chi connectivity index (χ4v) is 0.714. The highest BCUT2D eigenvalue weighted by Gasteiger charge is 2.27. The van der Waals surface area contributed by atoms with Gasteiger partial charge in [-0.2, -0.15) is 0 Å². The monoisotopic (exact) mass is 260 g/mol. The Morgan fingerprint density at radius 3 is 2.25 bits per heavy atom. The van der Waals surface area contributed by atoms with E-state index in [1.165, 1.54) is 13.8 Å². The normalized spacial score (nSPS) is 12.8. The van der Waals surface area contributed by atoms with Gasteiger partial charge in [-0.3, -0.25) is 9.36 Å². The minimum atomic E-state index is -4.25. The number of halogens is 1. The molecule has 72 valence electrons. The molecular weight excluding hydrogens is 251 g/mol. The first-order valence-electron chi connectivity index (χ1n) is 3.03. The van der Waals surface area contributed by atoms with E-state index in [9.17, 15) is 9.36 Å². The zero-order valence-electron chi connectivity index (χ0n) is 6.65. The van der Waals surface area contributed by atoms with Crippen molar-refractivity contribution in [3.05, 3.63) is 0 Å². The molecule has 0 aliphatic heterocycles. The Balaban J connectivity index is 3.98. The highest BCUT2D eigenvalue weighted by Crippen LogP contribution is 2.34. The zero-order chi connectivity index (χ0) is 9.99. The van der Waals surface area contributed by atoms with Crippen molar-refractivity contribution in [2.24, 2.45) is 0 Å². The summed E-state index contributed by atoms with van der Waals surface area (Å²) < 4.78 is 13.7. The van der Waals surface area contributed by atoms with E-state index < -0.39 is 24.2 Å². The number of alkyl halides is 1. The molecule has 0 aromatic rings. The number of hydrogen-bond donors (Lipinski definition) is 2. The first kappa shape index (κ1) is 12.1. The molecule has 0 heterocycles. The minimum Gasteiger partial charge on any atom is -0.452 e. The van der Waals surface area contributed by atoms with Crippen LogP contribution in [0, 0.1) is 0 Å². The van der Waals surface area contributed by atoms with Crippen LogP contribution >= 0.6 is 23.5 Å². The molecule has 0 atom stereocenters. The Labute approximate surface area is 78.4 Å². The van der Waals surface area contributed by atoms with Crippen LogP contribution in [0.25, 0.3) is 0 Å². The minimum absolute atomic E-state index is 0.703. The van der Waals surface area contributed by atoms with Gasteiger partial charge >= 0.3 is 13.6 Å². The molecule has 0 fully saturated rings. The number of rotatable bonds is 3. The fourth-order valence-electron chi connectivity index (χ4n) is 0.314. The number of carbonyl (C=O) groups is 1. The number of esters is 1. The number of hydrogen-bond acceptors (Lipinski definition) is 3. The Morgan fingerprint density at radius 2 is 2.00 bits per heavy atom. The van der Waals surface area contributed by atoms with Gasteiger partial charge < -0.3 is 14.5 Å². The van der Waals surface area contributed by atoms with Crippen LogP contribution in [0.5, 0.6) is 0 Å². The summed E-state index contributed by atoms with van der Waals surface area (Å²) in [6, 6.07) is 0. The summed E-state index contributed by atoms with van der Waals surface area (Å²) in [7, 11) is -4.25. The lowest BCUT2D eigenvalue weighted by Gasteiger charge is -2.14. The van der Waals surface area contributed by atoms with Crippen LogP contribution in [0.1, 0.15) is 13.8 Å². The van der Waals surface area contributed by atoms with E-state index >= 15 is 0 Å². The largest absolute Gasteiger partial charge is 0.452 e. The summed E-state index contributed by atoms with van der Waals surface area (Å²) >= 11 is 2.98. The van der Waals surface area contributed by atoms with Crippen LogP contribution in [0.3, 0.4) is 0 Å². The topological polar surface area (TPSA) is 83.8 Å². The smallest absolute Gasteiger partial charge is 0.362 e. The number of ether oxygens (including phenoxy) is 1. The van der Waals surface area contributed by atoms with Crippen molar-refractivity contribution < 1.29 is 23.9 Å². The second-order valence-corrected chi connectivity index (χ2v) is 6.27. The summed E-state index contributed by atoms with van der Waals surface area (Å²) in [4.78, 5) is 27.6. The molecule has 5 nitrogen and oxygen atoms in total. The van der Waals surface area contributed by atoms with Gasteiger partial charge in [-0.25, -0.2) is 0 Å². The Morgan fingerprint density at radius 1 is 1.58 bits per heavy atom. The van der Waals surface area contributed by atoms with Gasteiger partial charge in [0.05, 0.1) is 0 Å². The van der Waals surface area contributed by atoms with E-state index in [4.69, 9.17) is 9.79 Å². The summed E-state index contributed by atoms with van der Waals surface area (Å²) in [5.74, 6) is -0.703. The van der Waals surface area contributed by atoms with Crippen molar-refractivity contribution in [3.63, 3.8) is 0 Å². The van der Waals surface area contributed by atoms with Crippen LogP contribution < -0.4 is 0 Å². The second-order valence-electron chi connectivity index (χ2n) is 2.70. The third-order valence-electron chi connectivity index (χ3n) is 0.849. The Kier molecular flexibility index (Phi) is 3.90. The van der Waals surface area contributed by atoms with E-state index in [-0.39, 0.29) is 0 Å². The van der Waals surface area contributed by atoms with Crippen LogP contribution in [-0.2, 0) is 14.1 Å². The molecule has 2 N–H and O–H groups in total. The Hall–Kier alpha value is 0.1000. The van der Waals surface area contributed by atoms with Crippen LogP contribution in [0.15, 0.2) is 0 Å². The molecule has 0 rings (SSSR count). The van der Waals surface area contributed by atoms with Gasteiger partial charge in [0, 0.05) is 0 Å². The quantitative estimate of drug-likeness (QED) is 0.446. The molecule has 0 radical (unpaired) electrons. The van der Waals surface area contributed by atoms with Gasteiger partial charge in [0.2, 0.25) is 0 Å². The van der Waals surface area contributed by atoms with Gasteiger partial charge in [-0.1, -0.05) is 15.9 Å². The molecule has 7 heteroatoms. The lowest BCUT2D eigenvalue weighted by Crippen LogP contribution is -2.26. The van der Waals surface area contributed by atoms with Crippen molar-refractivity contribution in [2.75, 3.05) is 6.35 Å². The van der Waals surface area contributed by atoms with Crippen molar-refractivity contribution in [1.29, 1.82) is 0 Å². The molecule has 0 spiro atoms. The van der Waals surface area contributed by atoms with Gasteiger partial charge in [0.15, 0.2) is 6.35 Å². The van der Waals surface area contributed by atoms with Crippen LogP contribution in [-0.4, -0.2) is 26.4 Å². The molecule has 0 aromatic carbocycles. The Bertz CT molecular complexity index is 214. The van der Waals surface area contributed by atoms with Crippen molar-refractivity contribution in [1.82, 2.24) is 0 Å². The summed E-state index contributed by atoms with van der Waals surface area (Å²) in [6.45, 7) is 3.05. The average molecular weight is 261 g/mol. The maximum absolute atomic E-state index is 10.9. The lowest BCUT2D eigenvalue weighted by atomic mass is 10.2. The predicted molar refractivity (Wildman–Crippen MR) is 46.0 cm³/mol. The number of carbonyl (C=O) groups excluding carboxylic acids is 1. The summed E-state index contributed by atoms with van der Waals surface area (Å²) in [6.07, 6.45) is -0.874. The van der Waals surface area contributed by atoms with E-state index in [1.807, 2.05) is 0 Å². The molecular formula is C5H10BrO5P. The SMILES string of the molecule is CC(C)(Br)C(=O)OCP(=O)(O)O. The first-order valence-corrected chi connectivity index (χ1v) is 5.63. The van der Waals surface area contributed by atoms with E-state index in [0.29, 0.717) is 0 Å². The lowest BCUT2D eigenvalue weighted by molar-refractivity contribution is -0.143. The van der Waals surface area contributed by atoms with Crippen LogP contribution in [0.2, 0.25) is 0 Å². The molecule has 0 saturated carbocycles. The summed E-state index contributed by atoms with van der Waals surface area (Å²) in [5, 5.41) is 0. The van der Waals surface area contributed by atoms with Crippen molar-refractivity contribution in [2.45, 2.75) is 18.2 Å². The van der Waals surface area contributed by atoms with E-state index in [0.717, 1.165) is 0 Å². The van der Waals surface area contributed by atoms with Crippen LogP contribution in [0.4, 0.5) is 0 Å². The molecule has 0 saturated heterocycles. The zero-order valence-corrected chi connectivity index (χ0v) is 9.13. The van der Waals surface area contributed by atoms with Crippen molar-refractivity contribution in [3.8, 4) is 0 Å². The highest BCUT2D eigenvalue weighted by atomic mass is 79.9. The van der Waals surface area contributed by atoms with Crippen molar-refractivity contribution >= 4 is 29.5 Å². The summed E-state index contributed by atoms with van der Waals surface area (Å²) in [5.41, 5.74) is 0. The molecule has 0 bridgehead atoms. The van der Waals surface area contributed by atoms with E-state index in [1.54, 1.807) is 0 Å². The maximum atomic E-state index is 10.9. The fraction of sp³-hybridized carbons (Fsp3) is 0.800. The van der Waals surface area contributed by atoms with E-state index in [2.05, 4.69) is 20.7 Å².